The van der Waals surface area contributed by atoms with Crippen LogP contribution in [0.3, 0.4) is 0 Å². The molecule has 16 heavy (non-hydrogen) atoms. The smallest absolute Gasteiger partial charge is 0.208 e. The Labute approximate surface area is 96.4 Å². The third kappa shape index (κ3) is 3.62. The van der Waals surface area contributed by atoms with Crippen molar-refractivity contribution in [3.8, 4) is 0 Å². The lowest BCUT2D eigenvalue weighted by Crippen LogP contribution is -2.55. The molecule has 2 unspecified atom stereocenters. The molecule has 4 N–H and O–H groups in total. The zero-order valence-corrected chi connectivity index (χ0v) is 10.0. The fourth-order valence-electron chi connectivity index (χ4n) is 1.77. The predicted octanol–water partition coefficient (Wildman–Crippen LogP) is -0.703. The van der Waals surface area contributed by atoms with Gasteiger partial charge in [-0.3, -0.25) is 10.4 Å². The average molecular weight is 230 g/mol. The molecule has 0 aromatic heterocycles. The summed E-state index contributed by atoms with van der Waals surface area (Å²) in [5.74, 6) is 6.13. The number of hydrazine groups is 1. The second-order valence-corrected chi connectivity index (χ2v) is 4.01. The Morgan fingerprint density at radius 3 is 2.94 bits per heavy atom. The summed E-state index contributed by atoms with van der Waals surface area (Å²) >= 11 is 0. The van der Waals surface area contributed by atoms with Gasteiger partial charge in [-0.25, -0.2) is 5.84 Å². The Morgan fingerprint density at radius 1 is 1.62 bits per heavy atom. The van der Waals surface area contributed by atoms with Crippen molar-refractivity contribution in [2.24, 2.45) is 10.8 Å². The summed E-state index contributed by atoms with van der Waals surface area (Å²) in [6.45, 7) is 6.16. The molecular weight excluding hydrogens is 208 g/mol. The number of hydrogen-bond acceptors (Lipinski definition) is 4. The summed E-state index contributed by atoms with van der Waals surface area (Å²) in [6, 6.07) is 0. The lowest BCUT2D eigenvalue weighted by molar-refractivity contribution is -0.0792. The monoisotopic (exact) mass is 230 g/mol. The number of nitrogens with two attached hydrogens (primary N) is 1. The van der Waals surface area contributed by atoms with Gasteiger partial charge in [0.1, 0.15) is 0 Å². The van der Waals surface area contributed by atoms with Gasteiger partial charge in [0, 0.05) is 19.6 Å². The van der Waals surface area contributed by atoms with Gasteiger partial charge in [-0.15, -0.1) is 0 Å². The molecule has 1 aliphatic heterocycles. The normalized spacial score (nSPS) is 27.0. The molecule has 0 radical (unpaired) electrons. The molecular formula is C10H22N4O2. The van der Waals surface area contributed by atoms with E-state index < -0.39 is 0 Å². The molecule has 0 spiro atoms. The van der Waals surface area contributed by atoms with E-state index in [1.54, 1.807) is 0 Å². The van der Waals surface area contributed by atoms with E-state index >= 15 is 0 Å². The molecule has 1 aliphatic rings. The van der Waals surface area contributed by atoms with Crippen LogP contribution >= 0.6 is 0 Å². The van der Waals surface area contributed by atoms with Gasteiger partial charge in [0.25, 0.3) is 0 Å². The first kappa shape index (κ1) is 13.2. The summed E-state index contributed by atoms with van der Waals surface area (Å²) in [6.07, 6.45) is 0.893. The van der Waals surface area contributed by atoms with Crippen LogP contribution in [0.15, 0.2) is 4.99 Å². The van der Waals surface area contributed by atoms with Crippen LogP contribution in [-0.2, 0) is 4.74 Å². The molecule has 0 aromatic rings. The Hall–Kier alpha value is -0.850. The molecule has 1 heterocycles. The number of nitrogens with zero attached hydrogens (tertiary/aromatic N) is 2. The first-order chi connectivity index (χ1) is 7.71. The molecule has 1 rings (SSSR count). The maximum atomic E-state index is 9.11. The second kappa shape index (κ2) is 6.67. The molecule has 0 saturated carbocycles. The molecule has 0 aromatic carbocycles. The number of guanidine groups is 1. The van der Waals surface area contributed by atoms with Gasteiger partial charge in [0.15, 0.2) is 0 Å². The van der Waals surface area contributed by atoms with E-state index in [1.807, 2.05) is 11.8 Å². The van der Waals surface area contributed by atoms with Crippen LogP contribution in [0.25, 0.3) is 0 Å². The number of nitrogens with one attached hydrogen (secondary N) is 1. The molecule has 1 saturated heterocycles. The predicted molar refractivity (Wildman–Crippen MR) is 62.9 cm³/mol. The second-order valence-electron chi connectivity index (χ2n) is 4.01. The van der Waals surface area contributed by atoms with E-state index in [0.29, 0.717) is 12.5 Å². The van der Waals surface area contributed by atoms with E-state index in [4.69, 9.17) is 15.7 Å². The van der Waals surface area contributed by atoms with Gasteiger partial charge in [0.05, 0.1) is 18.8 Å². The highest BCUT2D eigenvalue weighted by atomic mass is 16.5. The van der Waals surface area contributed by atoms with Crippen LogP contribution < -0.4 is 11.3 Å². The van der Waals surface area contributed by atoms with Gasteiger partial charge < -0.3 is 14.7 Å². The summed E-state index contributed by atoms with van der Waals surface area (Å²) < 4.78 is 5.55. The van der Waals surface area contributed by atoms with Crippen LogP contribution in [0.2, 0.25) is 0 Å². The van der Waals surface area contributed by atoms with Crippen LogP contribution in [0.1, 0.15) is 20.3 Å². The Bertz CT molecular complexity index is 235. The largest absolute Gasteiger partial charge is 0.394 e. The van der Waals surface area contributed by atoms with Crippen LogP contribution in [0.5, 0.6) is 0 Å². The third-order valence-corrected chi connectivity index (χ3v) is 2.44. The highest BCUT2D eigenvalue weighted by Crippen LogP contribution is 2.10. The summed E-state index contributed by atoms with van der Waals surface area (Å²) in [5.41, 5.74) is 2.61. The minimum atomic E-state index is -0.163. The number of aliphatic hydroxyl groups is 1. The van der Waals surface area contributed by atoms with Crippen molar-refractivity contribution in [1.29, 1.82) is 0 Å². The van der Waals surface area contributed by atoms with E-state index in [0.717, 1.165) is 19.5 Å². The van der Waals surface area contributed by atoms with Crippen molar-refractivity contribution in [2.75, 3.05) is 26.2 Å². The zero-order chi connectivity index (χ0) is 12.0. The summed E-state index contributed by atoms with van der Waals surface area (Å²) in [5, 5.41) is 9.11. The van der Waals surface area contributed by atoms with Gasteiger partial charge in [-0.1, -0.05) is 6.92 Å². The van der Waals surface area contributed by atoms with E-state index in [9.17, 15) is 0 Å². The Morgan fingerprint density at radius 2 is 2.38 bits per heavy atom. The number of ether oxygens (including phenoxy) is 1. The highest BCUT2D eigenvalue weighted by Gasteiger charge is 2.26. The van der Waals surface area contributed by atoms with Crippen LogP contribution in [0, 0.1) is 0 Å². The molecule has 6 heteroatoms. The standard InChI is InChI=1S/C10H22N4O2/c1-3-4-12-10(13-11)14-5-8(2)16-9(6-14)7-15/h8-9,15H,3-7,11H2,1-2H3,(H,12,13). The molecule has 0 bridgehead atoms. The molecule has 6 nitrogen and oxygen atoms in total. The van der Waals surface area contributed by atoms with Gasteiger partial charge in [0.2, 0.25) is 5.96 Å². The van der Waals surface area contributed by atoms with Crippen molar-refractivity contribution in [3.05, 3.63) is 0 Å². The van der Waals surface area contributed by atoms with Gasteiger partial charge in [-0.2, -0.15) is 0 Å². The van der Waals surface area contributed by atoms with Gasteiger partial charge >= 0.3 is 0 Å². The van der Waals surface area contributed by atoms with Crippen molar-refractivity contribution in [1.82, 2.24) is 10.3 Å². The van der Waals surface area contributed by atoms with Crippen molar-refractivity contribution in [3.63, 3.8) is 0 Å². The quantitative estimate of drug-likeness (QED) is 0.258. The average Bonchev–Trinajstić information content (AvgIpc) is 2.29. The van der Waals surface area contributed by atoms with Gasteiger partial charge in [-0.05, 0) is 13.3 Å². The molecule has 2 atom stereocenters. The van der Waals surface area contributed by atoms with E-state index in [1.165, 1.54) is 0 Å². The van der Waals surface area contributed by atoms with Crippen LogP contribution in [0.4, 0.5) is 0 Å². The number of rotatable bonds is 3. The summed E-state index contributed by atoms with van der Waals surface area (Å²) in [4.78, 5) is 6.38. The molecule has 94 valence electrons. The lowest BCUT2D eigenvalue weighted by atomic mass is 10.2. The van der Waals surface area contributed by atoms with Crippen LogP contribution in [-0.4, -0.2) is 54.4 Å². The number of aliphatic hydroxyl groups excluding tert-OH is 1. The molecule has 1 fully saturated rings. The lowest BCUT2D eigenvalue weighted by Gasteiger charge is -2.37. The zero-order valence-electron chi connectivity index (χ0n) is 10.0. The minimum absolute atomic E-state index is 0.0203. The molecule has 0 amide bonds. The van der Waals surface area contributed by atoms with E-state index in [-0.39, 0.29) is 18.8 Å². The maximum absolute atomic E-state index is 9.11. The first-order valence-electron chi connectivity index (χ1n) is 5.73. The SMILES string of the molecule is CCCN=C(NN)N1CC(C)OC(CO)C1. The van der Waals surface area contributed by atoms with Crippen molar-refractivity contribution in [2.45, 2.75) is 32.5 Å². The number of hydrogen-bond donors (Lipinski definition) is 3. The number of aliphatic imine (C=N–C) groups is 1. The van der Waals surface area contributed by atoms with E-state index in [2.05, 4.69) is 17.3 Å². The fourth-order valence-corrected chi connectivity index (χ4v) is 1.77. The summed E-state index contributed by atoms with van der Waals surface area (Å²) in [7, 11) is 0. The number of morpholine rings is 1. The topological polar surface area (TPSA) is 83.1 Å². The third-order valence-electron chi connectivity index (χ3n) is 2.44. The van der Waals surface area contributed by atoms with Crippen molar-refractivity contribution < 1.29 is 9.84 Å². The minimum Gasteiger partial charge on any atom is -0.394 e. The molecule has 0 aliphatic carbocycles. The first-order valence-corrected chi connectivity index (χ1v) is 5.73. The highest BCUT2D eigenvalue weighted by molar-refractivity contribution is 5.79. The Kier molecular flexibility index (Phi) is 5.51. The fraction of sp³-hybridized carbons (Fsp3) is 0.900. The Balaban J connectivity index is 2.61. The van der Waals surface area contributed by atoms with Crippen molar-refractivity contribution >= 4 is 5.96 Å². The maximum Gasteiger partial charge on any atom is 0.208 e.